The number of aromatic nitrogens is 1. The summed E-state index contributed by atoms with van der Waals surface area (Å²) in [6, 6.07) is 15.1. The summed E-state index contributed by atoms with van der Waals surface area (Å²) in [4.78, 5) is 35.6. The Morgan fingerprint density at radius 2 is 1.58 bits per heavy atom. The van der Waals surface area contributed by atoms with Crippen molar-refractivity contribution in [3.8, 4) is 17.2 Å². The van der Waals surface area contributed by atoms with E-state index in [1.807, 2.05) is 6.07 Å². The summed E-state index contributed by atoms with van der Waals surface area (Å²) in [5.74, 6) is -2.56. The number of benzene rings is 2. The second-order valence-electron chi connectivity index (χ2n) is 6.26. The lowest BCUT2D eigenvalue weighted by Crippen LogP contribution is -2.06. The molecule has 0 fully saturated rings. The number of carboxylic acids is 2. The quantitative estimate of drug-likeness (QED) is 0.527. The fraction of sp³-hybridized carbons (Fsp3) is 0.130. The van der Waals surface area contributed by atoms with Gasteiger partial charge < -0.3 is 19.9 Å². The van der Waals surface area contributed by atoms with E-state index >= 15 is 0 Å². The molecule has 0 amide bonds. The summed E-state index contributed by atoms with van der Waals surface area (Å²) in [6.07, 6.45) is 1.72. The molecule has 0 aliphatic carbocycles. The van der Waals surface area contributed by atoms with Gasteiger partial charge in [-0.25, -0.2) is 14.4 Å². The predicted octanol–water partition coefficient (Wildman–Crippen LogP) is 4.12. The lowest BCUT2D eigenvalue weighted by Gasteiger charge is -2.03. The zero-order chi connectivity index (χ0) is 23.0. The maximum absolute atomic E-state index is 11.5. The molecule has 0 radical (unpaired) electrons. The lowest BCUT2D eigenvalue weighted by molar-refractivity contribution is 0.0525. The number of carbonyl (C=O) groups is 3. The molecule has 31 heavy (non-hydrogen) atoms. The first-order chi connectivity index (χ1) is 14.8. The van der Waals surface area contributed by atoms with Gasteiger partial charge in [0, 0.05) is 11.8 Å². The molecular formula is C23H20N2O6. The molecular weight excluding hydrogens is 400 g/mol. The van der Waals surface area contributed by atoms with Crippen molar-refractivity contribution in [1.29, 1.82) is 5.26 Å². The van der Waals surface area contributed by atoms with Gasteiger partial charge in [0.15, 0.2) is 0 Å². The van der Waals surface area contributed by atoms with Crippen molar-refractivity contribution >= 4 is 17.9 Å². The van der Waals surface area contributed by atoms with Gasteiger partial charge in [-0.15, -0.1) is 0 Å². The van der Waals surface area contributed by atoms with Gasteiger partial charge in [-0.05, 0) is 55.3 Å². The Kier molecular flexibility index (Phi) is 7.69. The molecule has 3 N–H and O–H groups in total. The van der Waals surface area contributed by atoms with E-state index in [4.69, 9.17) is 20.2 Å². The second kappa shape index (κ2) is 10.4. The van der Waals surface area contributed by atoms with E-state index in [1.165, 1.54) is 25.1 Å². The third-order valence-electron chi connectivity index (χ3n) is 4.36. The van der Waals surface area contributed by atoms with Crippen molar-refractivity contribution in [3.05, 3.63) is 82.7 Å². The Morgan fingerprint density at radius 3 is 2.06 bits per heavy atom. The maximum Gasteiger partial charge on any atom is 0.338 e. The topological polar surface area (TPSA) is 140 Å². The van der Waals surface area contributed by atoms with Crippen molar-refractivity contribution < 1.29 is 29.3 Å². The number of nitriles is 1. The van der Waals surface area contributed by atoms with E-state index in [9.17, 15) is 14.4 Å². The normalized spacial score (nSPS) is 9.71. The average molecular weight is 420 g/mol. The van der Waals surface area contributed by atoms with Gasteiger partial charge >= 0.3 is 17.9 Å². The average Bonchev–Trinajstić information content (AvgIpc) is 3.23. The molecule has 8 nitrogen and oxygen atoms in total. The summed E-state index contributed by atoms with van der Waals surface area (Å²) in [6.45, 7) is 3.61. The Labute approximate surface area is 178 Å². The number of rotatable bonds is 5. The fourth-order valence-electron chi connectivity index (χ4n) is 2.80. The summed E-state index contributed by atoms with van der Waals surface area (Å²) in [5, 5.41) is 26.3. The van der Waals surface area contributed by atoms with Crippen LogP contribution in [0.2, 0.25) is 0 Å². The van der Waals surface area contributed by atoms with Crippen LogP contribution < -0.4 is 0 Å². The molecule has 0 spiro atoms. The molecule has 0 atom stereocenters. The third kappa shape index (κ3) is 5.58. The number of esters is 1. The van der Waals surface area contributed by atoms with Gasteiger partial charge in [-0.2, -0.15) is 5.26 Å². The summed E-state index contributed by atoms with van der Waals surface area (Å²) >= 11 is 0. The first-order valence-corrected chi connectivity index (χ1v) is 9.21. The zero-order valence-electron chi connectivity index (χ0n) is 16.9. The van der Waals surface area contributed by atoms with Crippen molar-refractivity contribution in [2.24, 2.45) is 0 Å². The molecule has 3 rings (SSSR count). The highest BCUT2D eigenvalue weighted by Crippen LogP contribution is 2.23. The van der Waals surface area contributed by atoms with Crippen LogP contribution in [-0.4, -0.2) is 39.7 Å². The highest BCUT2D eigenvalue weighted by Gasteiger charge is 2.13. The van der Waals surface area contributed by atoms with Crippen LogP contribution in [0.25, 0.3) is 11.1 Å². The smallest absolute Gasteiger partial charge is 0.338 e. The van der Waals surface area contributed by atoms with E-state index in [1.54, 1.807) is 37.4 Å². The molecule has 3 aromatic rings. The summed E-state index contributed by atoms with van der Waals surface area (Å²) in [7, 11) is 0. The number of ether oxygens (including phenoxy) is 1. The van der Waals surface area contributed by atoms with E-state index < -0.39 is 11.9 Å². The van der Waals surface area contributed by atoms with Crippen molar-refractivity contribution in [3.63, 3.8) is 0 Å². The lowest BCUT2D eigenvalue weighted by atomic mass is 10.0. The number of hydrogen-bond acceptors (Lipinski definition) is 5. The van der Waals surface area contributed by atoms with Crippen LogP contribution in [-0.2, 0) is 4.74 Å². The minimum atomic E-state index is -1.11. The monoisotopic (exact) mass is 420 g/mol. The van der Waals surface area contributed by atoms with Gasteiger partial charge in [0.1, 0.15) is 11.8 Å². The molecule has 1 aromatic heterocycles. The van der Waals surface area contributed by atoms with Gasteiger partial charge in [0.2, 0.25) is 0 Å². The van der Waals surface area contributed by atoms with Crippen LogP contribution in [0, 0.1) is 18.3 Å². The molecule has 0 saturated carbocycles. The van der Waals surface area contributed by atoms with E-state index in [0.717, 1.165) is 11.1 Å². The number of aromatic carboxylic acids is 2. The molecule has 0 saturated heterocycles. The number of carbonyl (C=O) groups excluding carboxylic acids is 1. The van der Waals surface area contributed by atoms with Crippen LogP contribution in [0.3, 0.4) is 0 Å². The maximum atomic E-state index is 11.5. The van der Waals surface area contributed by atoms with Gasteiger partial charge in [0.05, 0.1) is 23.3 Å². The number of aromatic amines is 1. The first-order valence-electron chi connectivity index (χ1n) is 9.21. The molecule has 0 unspecified atom stereocenters. The largest absolute Gasteiger partial charge is 0.478 e. The van der Waals surface area contributed by atoms with Gasteiger partial charge in [-0.1, -0.05) is 18.2 Å². The standard InChI is InChI=1S/C14H12N2O2.C9H8O4/c1-2-18-14(17)11-5-3-10(4-6-11)12-7-8-16-13(12)9-15;1-5-6(8(10)11)3-2-4-7(5)9(12)13/h3-8,16H,2H2,1H3;2-4H,1H3,(H,10,11)(H,12,13). The second-order valence-corrected chi connectivity index (χ2v) is 6.26. The van der Waals surface area contributed by atoms with Crippen molar-refractivity contribution in [1.82, 2.24) is 4.98 Å². The highest BCUT2D eigenvalue weighted by atomic mass is 16.5. The number of hydrogen-bond donors (Lipinski definition) is 3. The predicted molar refractivity (Wildman–Crippen MR) is 112 cm³/mol. The number of carboxylic acid groups (broad SMARTS) is 2. The molecule has 0 bridgehead atoms. The van der Waals surface area contributed by atoms with Crippen LogP contribution in [0.1, 0.15) is 49.3 Å². The number of nitrogens with zero attached hydrogens (tertiary/aromatic N) is 1. The van der Waals surface area contributed by atoms with E-state index in [0.29, 0.717) is 17.9 Å². The Bertz CT molecular complexity index is 1110. The van der Waals surface area contributed by atoms with Crippen LogP contribution >= 0.6 is 0 Å². The highest BCUT2D eigenvalue weighted by molar-refractivity contribution is 5.96. The van der Waals surface area contributed by atoms with E-state index in [2.05, 4.69) is 11.1 Å². The Balaban J connectivity index is 0.000000233. The molecule has 1 heterocycles. The molecule has 8 heteroatoms. The first kappa shape index (κ1) is 22.9. The van der Waals surface area contributed by atoms with Gasteiger partial charge in [-0.3, -0.25) is 0 Å². The van der Waals surface area contributed by atoms with E-state index in [-0.39, 0.29) is 22.7 Å². The molecule has 158 valence electrons. The van der Waals surface area contributed by atoms with Crippen molar-refractivity contribution in [2.45, 2.75) is 13.8 Å². The molecule has 0 aliphatic rings. The number of nitrogens with one attached hydrogen (secondary N) is 1. The van der Waals surface area contributed by atoms with Crippen LogP contribution in [0.15, 0.2) is 54.7 Å². The minimum Gasteiger partial charge on any atom is -0.478 e. The Hall–Kier alpha value is -4.38. The number of H-pyrrole nitrogens is 1. The van der Waals surface area contributed by atoms with Crippen molar-refractivity contribution in [2.75, 3.05) is 6.61 Å². The SMILES string of the molecule is CCOC(=O)c1ccc(-c2cc[nH]c2C#N)cc1.Cc1c(C(=O)O)cccc1C(=O)O. The minimum absolute atomic E-state index is 0.0277. The summed E-state index contributed by atoms with van der Waals surface area (Å²) < 4.78 is 4.91. The third-order valence-corrected chi connectivity index (χ3v) is 4.36. The fourth-order valence-corrected chi connectivity index (χ4v) is 2.80. The van der Waals surface area contributed by atoms with Gasteiger partial charge in [0.25, 0.3) is 0 Å². The molecule has 2 aromatic carbocycles. The van der Waals surface area contributed by atoms with Crippen LogP contribution in [0.5, 0.6) is 0 Å². The Morgan fingerprint density at radius 1 is 1.00 bits per heavy atom. The zero-order valence-corrected chi connectivity index (χ0v) is 16.9. The van der Waals surface area contributed by atoms with Crippen LogP contribution in [0.4, 0.5) is 0 Å². The summed E-state index contributed by atoms with van der Waals surface area (Å²) in [5.41, 5.74) is 3.07. The molecule has 0 aliphatic heterocycles.